The SMILES string of the molecule is Cc1ccc(C(=O)C(CC(=O)O)NC(C)C)cc1C. The van der Waals surface area contributed by atoms with E-state index in [1.165, 1.54) is 0 Å². The zero-order valence-electron chi connectivity index (χ0n) is 11.9. The van der Waals surface area contributed by atoms with Gasteiger partial charge in [0.05, 0.1) is 12.5 Å². The Morgan fingerprint density at radius 3 is 2.32 bits per heavy atom. The number of benzene rings is 1. The summed E-state index contributed by atoms with van der Waals surface area (Å²) in [6, 6.07) is 4.82. The van der Waals surface area contributed by atoms with Gasteiger partial charge in [0.15, 0.2) is 5.78 Å². The third kappa shape index (κ3) is 4.48. The first kappa shape index (κ1) is 15.4. The van der Waals surface area contributed by atoms with Crippen molar-refractivity contribution in [3.63, 3.8) is 0 Å². The molecule has 0 aliphatic rings. The summed E-state index contributed by atoms with van der Waals surface area (Å²) in [6.07, 6.45) is -0.204. The van der Waals surface area contributed by atoms with E-state index in [2.05, 4.69) is 5.32 Å². The maximum atomic E-state index is 12.4. The summed E-state index contributed by atoms with van der Waals surface area (Å²) >= 11 is 0. The van der Waals surface area contributed by atoms with Crippen LogP contribution in [-0.2, 0) is 4.79 Å². The molecule has 0 aliphatic carbocycles. The highest BCUT2D eigenvalue weighted by atomic mass is 16.4. The van der Waals surface area contributed by atoms with Gasteiger partial charge in [0.25, 0.3) is 0 Å². The molecule has 1 aromatic carbocycles. The number of carbonyl (C=O) groups excluding carboxylic acids is 1. The lowest BCUT2D eigenvalue weighted by molar-refractivity contribution is -0.137. The molecule has 0 radical (unpaired) electrons. The molecule has 2 N–H and O–H groups in total. The van der Waals surface area contributed by atoms with Crippen LogP contribution in [0.25, 0.3) is 0 Å². The molecule has 19 heavy (non-hydrogen) atoms. The first-order chi connectivity index (χ1) is 8.81. The Bertz CT molecular complexity index is 480. The Morgan fingerprint density at radius 2 is 1.84 bits per heavy atom. The molecular formula is C15H21NO3. The number of nitrogens with one attached hydrogen (secondary N) is 1. The van der Waals surface area contributed by atoms with Crippen LogP contribution in [0.1, 0.15) is 41.8 Å². The maximum Gasteiger partial charge on any atom is 0.305 e. The molecule has 0 saturated carbocycles. The van der Waals surface area contributed by atoms with E-state index in [9.17, 15) is 9.59 Å². The van der Waals surface area contributed by atoms with Crippen molar-refractivity contribution < 1.29 is 14.7 Å². The fourth-order valence-corrected chi connectivity index (χ4v) is 1.90. The first-order valence-corrected chi connectivity index (χ1v) is 6.40. The summed E-state index contributed by atoms with van der Waals surface area (Å²) in [5.74, 6) is -1.14. The number of aliphatic carboxylic acids is 1. The lowest BCUT2D eigenvalue weighted by Gasteiger charge is -2.19. The number of carboxylic acid groups (broad SMARTS) is 1. The van der Waals surface area contributed by atoms with Gasteiger partial charge in [0.2, 0.25) is 0 Å². The van der Waals surface area contributed by atoms with Gasteiger partial charge in [-0.1, -0.05) is 26.0 Å². The lowest BCUT2D eigenvalue weighted by Crippen LogP contribution is -2.42. The molecule has 0 heterocycles. The number of hydrogen-bond donors (Lipinski definition) is 2. The molecule has 4 nitrogen and oxygen atoms in total. The first-order valence-electron chi connectivity index (χ1n) is 6.40. The number of rotatable bonds is 6. The molecule has 1 atom stereocenters. The van der Waals surface area contributed by atoms with Gasteiger partial charge < -0.3 is 10.4 Å². The summed E-state index contributed by atoms with van der Waals surface area (Å²) < 4.78 is 0. The topological polar surface area (TPSA) is 66.4 Å². The third-order valence-corrected chi connectivity index (χ3v) is 3.02. The van der Waals surface area contributed by atoms with E-state index < -0.39 is 12.0 Å². The zero-order valence-corrected chi connectivity index (χ0v) is 11.9. The minimum absolute atomic E-state index is 0.0554. The maximum absolute atomic E-state index is 12.4. The second kappa shape index (κ2) is 6.48. The van der Waals surface area contributed by atoms with Crippen molar-refractivity contribution in [1.82, 2.24) is 5.32 Å². The molecule has 0 saturated heterocycles. The van der Waals surface area contributed by atoms with Crippen LogP contribution in [0.4, 0.5) is 0 Å². The zero-order chi connectivity index (χ0) is 14.6. The molecule has 4 heteroatoms. The minimum atomic E-state index is -0.977. The molecule has 104 valence electrons. The number of Topliss-reactive ketones (excluding diaryl/α,β-unsaturated/α-hetero) is 1. The standard InChI is InChI=1S/C15H21NO3/c1-9(2)16-13(8-14(17)18)15(19)12-6-5-10(3)11(4)7-12/h5-7,9,13,16H,8H2,1-4H3,(H,17,18). The van der Waals surface area contributed by atoms with Gasteiger partial charge in [0.1, 0.15) is 0 Å². The summed E-state index contributed by atoms with van der Waals surface area (Å²) in [6.45, 7) is 7.70. The van der Waals surface area contributed by atoms with E-state index in [4.69, 9.17) is 5.11 Å². The highest BCUT2D eigenvalue weighted by molar-refractivity contribution is 6.01. The Hall–Kier alpha value is -1.68. The van der Waals surface area contributed by atoms with Crippen molar-refractivity contribution >= 4 is 11.8 Å². The molecule has 0 amide bonds. The van der Waals surface area contributed by atoms with Crippen molar-refractivity contribution in [2.45, 2.75) is 46.2 Å². The van der Waals surface area contributed by atoms with E-state index >= 15 is 0 Å². The smallest absolute Gasteiger partial charge is 0.305 e. The highest BCUT2D eigenvalue weighted by Gasteiger charge is 2.23. The third-order valence-electron chi connectivity index (χ3n) is 3.02. The Balaban J connectivity index is 2.97. The summed E-state index contributed by atoms with van der Waals surface area (Å²) in [4.78, 5) is 23.2. The van der Waals surface area contributed by atoms with E-state index in [0.29, 0.717) is 5.56 Å². The van der Waals surface area contributed by atoms with Crippen molar-refractivity contribution in [3.05, 3.63) is 34.9 Å². The van der Waals surface area contributed by atoms with E-state index in [1.54, 1.807) is 6.07 Å². The number of carbonyl (C=O) groups is 2. The monoisotopic (exact) mass is 263 g/mol. The second-order valence-corrected chi connectivity index (χ2v) is 5.14. The van der Waals surface area contributed by atoms with Crippen LogP contribution in [0.5, 0.6) is 0 Å². The van der Waals surface area contributed by atoms with Crippen LogP contribution in [0, 0.1) is 13.8 Å². The van der Waals surface area contributed by atoms with Gasteiger partial charge in [-0.2, -0.15) is 0 Å². The van der Waals surface area contributed by atoms with E-state index in [-0.39, 0.29) is 18.2 Å². The molecule has 0 aliphatic heterocycles. The van der Waals surface area contributed by atoms with Crippen LogP contribution in [0.3, 0.4) is 0 Å². The molecule has 1 unspecified atom stereocenters. The lowest BCUT2D eigenvalue weighted by atomic mass is 9.97. The van der Waals surface area contributed by atoms with Gasteiger partial charge in [-0.15, -0.1) is 0 Å². The fraction of sp³-hybridized carbons (Fsp3) is 0.467. The summed E-state index contributed by atoms with van der Waals surface area (Å²) in [7, 11) is 0. The fourth-order valence-electron chi connectivity index (χ4n) is 1.90. The van der Waals surface area contributed by atoms with Gasteiger partial charge in [0, 0.05) is 11.6 Å². The van der Waals surface area contributed by atoms with Crippen molar-refractivity contribution in [1.29, 1.82) is 0 Å². The number of ketones is 1. The Labute approximate surface area is 113 Å². The van der Waals surface area contributed by atoms with Crippen LogP contribution >= 0.6 is 0 Å². The van der Waals surface area contributed by atoms with Gasteiger partial charge in [-0.25, -0.2) is 0 Å². The van der Waals surface area contributed by atoms with Gasteiger partial charge in [-0.3, -0.25) is 9.59 Å². The highest BCUT2D eigenvalue weighted by Crippen LogP contribution is 2.13. The predicted octanol–water partition coefficient (Wildman–Crippen LogP) is 2.33. The van der Waals surface area contributed by atoms with Crippen molar-refractivity contribution in [2.75, 3.05) is 0 Å². The molecular weight excluding hydrogens is 242 g/mol. The minimum Gasteiger partial charge on any atom is -0.481 e. The quantitative estimate of drug-likeness (QED) is 0.773. The van der Waals surface area contributed by atoms with Crippen molar-refractivity contribution in [3.8, 4) is 0 Å². The Kier molecular flexibility index (Phi) is 5.24. The van der Waals surface area contributed by atoms with Crippen molar-refractivity contribution in [2.24, 2.45) is 0 Å². The largest absolute Gasteiger partial charge is 0.481 e. The average Bonchev–Trinajstić information content (AvgIpc) is 2.29. The number of carboxylic acids is 1. The molecule has 0 fully saturated rings. The second-order valence-electron chi connectivity index (χ2n) is 5.14. The summed E-state index contributed by atoms with van der Waals surface area (Å²) in [5.41, 5.74) is 2.70. The average molecular weight is 263 g/mol. The van der Waals surface area contributed by atoms with Crippen LogP contribution < -0.4 is 5.32 Å². The molecule has 0 aromatic heterocycles. The molecule has 1 rings (SSSR count). The number of hydrogen-bond acceptors (Lipinski definition) is 3. The van der Waals surface area contributed by atoms with E-state index in [0.717, 1.165) is 11.1 Å². The number of aryl methyl sites for hydroxylation is 2. The van der Waals surface area contributed by atoms with Crippen LogP contribution in [0.15, 0.2) is 18.2 Å². The molecule has 0 bridgehead atoms. The molecule has 1 aromatic rings. The molecule has 0 spiro atoms. The normalized spacial score (nSPS) is 12.5. The predicted molar refractivity (Wildman–Crippen MR) is 74.6 cm³/mol. The van der Waals surface area contributed by atoms with Gasteiger partial charge in [-0.05, 0) is 31.0 Å². The van der Waals surface area contributed by atoms with Crippen LogP contribution in [-0.4, -0.2) is 28.9 Å². The Morgan fingerprint density at radius 1 is 1.21 bits per heavy atom. The van der Waals surface area contributed by atoms with Crippen LogP contribution in [0.2, 0.25) is 0 Å². The van der Waals surface area contributed by atoms with E-state index in [1.807, 2.05) is 39.8 Å². The van der Waals surface area contributed by atoms with Gasteiger partial charge >= 0.3 is 5.97 Å². The summed E-state index contributed by atoms with van der Waals surface area (Å²) in [5, 5.41) is 11.9.